The van der Waals surface area contributed by atoms with Gasteiger partial charge in [0.2, 0.25) is 0 Å². The van der Waals surface area contributed by atoms with Crippen molar-refractivity contribution in [2.45, 2.75) is 38.3 Å². The summed E-state index contributed by atoms with van der Waals surface area (Å²) in [6.07, 6.45) is 3.32. The number of benzene rings is 2. The molecule has 1 fully saturated rings. The van der Waals surface area contributed by atoms with Crippen LogP contribution in [0, 0.1) is 0 Å². The van der Waals surface area contributed by atoms with Gasteiger partial charge in [-0.2, -0.15) is 0 Å². The fourth-order valence-corrected chi connectivity index (χ4v) is 3.32. The van der Waals surface area contributed by atoms with Crippen LogP contribution in [0.1, 0.15) is 26.2 Å². The van der Waals surface area contributed by atoms with E-state index in [1.165, 1.54) is 30.4 Å². The van der Waals surface area contributed by atoms with Gasteiger partial charge < -0.3 is 9.84 Å². The lowest BCUT2D eigenvalue weighted by molar-refractivity contribution is 0.0438. The molecule has 128 valence electrons. The van der Waals surface area contributed by atoms with E-state index in [9.17, 15) is 5.11 Å². The van der Waals surface area contributed by atoms with E-state index in [0.29, 0.717) is 19.2 Å². The first-order chi connectivity index (χ1) is 11.7. The molecule has 3 rings (SSSR count). The lowest BCUT2D eigenvalue weighted by atomic mass is 10.0. The molecule has 0 aromatic heterocycles. The number of likely N-dealkylation sites (tertiary alicyclic amines) is 1. The summed E-state index contributed by atoms with van der Waals surface area (Å²) >= 11 is 0. The molecule has 0 saturated carbocycles. The van der Waals surface area contributed by atoms with Crippen molar-refractivity contribution in [3.8, 4) is 16.9 Å². The Morgan fingerprint density at radius 2 is 1.75 bits per heavy atom. The number of hydrogen-bond acceptors (Lipinski definition) is 3. The van der Waals surface area contributed by atoms with Crippen molar-refractivity contribution in [2.75, 3.05) is 19.7 Å². The number of rotatable bonds is 6. The van der Waals surface area contributed by atoms with Gasteiger partial charge in [0.05, 0.1) is 0 Å². The zero-order valence-corrected chi connectivity index (χ0v) is 14.4. The molecule has 1 saturated heterocycles. The van der Waals surface area contributed by atoms with Crippen LogP contribution in [0.5, 0.6) is 5.75 Å². The van der Waals surface area contributed by atoms with Crippen molar-refractivity contribution in [1.29, 1.82) is 0 Å². The SMILES string of the molecule is CC1CCCCN1CC(O)COc1ccc(-c2ccccc2)cc1. The smallest absolute Gasteiger partial charge is 0.119 e. The molecule has 0 spiro atoms. The molecule has 2 aromatic carbocycles. The van der Waals surface area contributed by atoms with E-state index < -0.39 is 6.10 Å². The quantitative estimate of drug-likeness (QED) is 0.872. The predicted molar refractivity (Wildman–Crippen MR) is 98.3 cm³/mol. The highest BCUT2D eigenvalue weighted by molar-refractivity contribution is 5.63. The van der Waals surface area contributed by atoms with Crippen molar-refractivity contribution in [3.63, 3.8) is 0 Å². The highest BCUT2D eigenvalue weighted by Gasteiger charge is 2.20. The van der Waals surface area contributed by atoms with E-state index in [2.05, 4.69) is 36.1 Å². The molecule has 2 unspecified atom stereocenters. The first kappa shape index (κ1) is 17.0. The Morgan fingerprint density at radius 3 is 2.46 bits per heavy atom. The molecule has 0 amide bonds. The third-order valence-electron chi connectivity index (χ3n) is 4.79. The summed E-state index contributed by atoms with van der Waals surface area (Å²) in [4.78, 5) is 2.37. The third-order valence-corrected chi connectivity index (χ3v) is 4.79. The number of β-amino-alcohol motifs (C(OH)–C–C–N with tert-alkyl or cyclic N) is 1. The topological polar surface area (TPSA) is 32.7 Å². The zero-order valence-electron chi connectivity index (χ0n) is 14.4. The monoisotopic (exact) mass is 325 g/mol. The van der Waals surface area contributed by atoms with Crippen molar-refractivity contribution < 1.29 is 9.84 Å². The van der Waals surface area contributed by atoms with Crippen molar-refractivity contribution in [1.82, 2.24) is 4.90 Å². The number of piperidine rings is 1. The highest BCUT2D eigenvalue weighted by atomic mass is 16.5. The molecule has 1 aliphatic rings. The van der Waals surface area contributed by atoms with Crippen LogP contribution in [-0.4, -0.2) is 41.8 Å². The number of ether oxygens (including phenoxy) is 1. The maximum atomic E-state index is 10.2. The van der Waals surface area contributed by atoms with Gasteiger partial charge in [0.25, 0.3) is 0 Å². The largest absolute Gasteiger partial charge is 0.491 e. The summed E-state index contributed by atoms with van der Waals surface area (Å²) in [6, 6.07) is 18.9. The average molecular weight is 325 g/mol. The van der Waals surface area contributed by atoms with Gasteiger partial charge in [-0.25, -0.2) is 0 Å². The van der Waals surface area contributed by atoms with E-state index in [4.69, 9.17) is 4.74 Å². The minimum absolute atomic E-state index is 0.341. The minimum atomic E-state index is -0.445. The summed E-state index contributed by atoms with van der Waals surface area (Å²) in [5, 5.41) is 10.2. The molecule has 3 nitrogen and oxygen atoms in total. The maximum Gasteiger partial charge on any atom is 0.119 e. The fourth-order valence-electron chi connectivity index (χ4n) is 3.32. The first-order valence-electron chi connectivity index (χ1n) is 8.93. The zero-order chi connectivity index (χ0) is 16.8. The number of aliphatic hydroxyl groups is 1. The van der Waals surface area contributed by atoms with Crippen LogP contribution in [-0.2, 0) is 0 Å². The lowest BCUT2D eigenvalue weighted by Crippen LogP contribution is -2.43. The second-order valence-corrected chi connectivity index (χ2v) is 6.69. The molecule has 0 aliphatic carbocycles. The molecular weight excluding hydrogens is 298 g/mol. The number of aliphatic hydroxyl groups excluding tert-OH is 1. The van der Waals surface area contributed by atoms with E-state index in [1.807, 2.05) is 30.3 Å². The van der Waals surface area contributed by atoms with Crippen molar-refractivity contribution in [3.05, 3.63) is 54.6 Å². The van der Waals surface area contributed by atoms with Crippen LogP contribution in [0.4, 0.5) is 0 Å². The standard InChI is InChI=1S/C21H27NO2/c1-17-7-5-6-14-22(17)15-20(23)16-24-21-12-10-19(11-13-21)18-8-3-2-4-9-18/h2-4,8-13,17,20,23H,5-7,14-16H2,1H3. The molecule has 1 heterocycles. The van der Waals surface area contributed by atoms with Gasteiger partial charge in [-0.1, -0.05) is 48.9 Å². The highest BCUT2D eigenvalue weighted by Crippen LogP contribution is 2.22. The molecule has 2 aromatic rings. The van der Waals surface area contributed by atoms with Crippen LogP contribution in [0.2, 0.25) is 0 Å². The summed E-state index contributed by atoms with van der Waals surface area (Å²) < 4.78 is 5.76. The van der Waals surface area contributed by atoms with Crippen LogP contribution < -0.4 is 4.74 Å². The molecule has 0 bridgehead atoms. The molecule has 1 N–H and O–H groups in total. The van der Waals surface area contributed by atoms with Gasteiger partial charge >= 0.3 is 0 Å². The Labute approximate surface area is 144 Å². The number of nitrogens with zero attached hydrogens (tertiary/aromatic N) is 1. The average Bonchev–Trinajstić information content (AvgIpc) is 2.63. The van der Waals surface area contributed by atoms with E-state index in [-0.39, 0.29) is 0 Å². The molecule has 24 heavy (non-hydrogen) atoms. The lowest BCUT2D eigenvalue weighted by Gasteiger charge is -2.34. The molecule has 0 radical (unpaired) electrons. The molecular formula is C21H27NO2. The van der Waals surface area contributed by atoms with Gasteiger partial charge in [-0.05, 0) is 49.6 Å². The maximum absolute atomic E-state index is 10.2. The Balaban J connectivity index is 1.49. The Morgan fingerprint density at radius 1 is 1.04 bits per heavy atom. The fraction of sp³-hybridized carbons (Fsp3) is 0.429. The van der Waals surface area contributed by atoms with E-state index in [0.717, 1.165) is 12.3 Å². The summed E-state index contributed by atoms with van der Waals surface area (Å²) in [6.45, 7) is 4.37. The molecule has 2 atom stereocenters. The van der Waals surface area contributed by atoms with Gasteiger partial charge in [0.1, 0.15) is 18.5 Å². The minimum Gasteiger partial charge on any atom is -0.491 e. The second-order valence-electron chi connectivity index (χ2n) is 6.69. The molecule has 1 aliphatic heterocycles. The van der Waals surface area contributed by atoms with Crippen LogP contribution in [0.3, 0.4) is 0 Å². The van der Waals surface area contributed by atoms with E-state index in [1.54, 1.807) is 0 Å². The third kappa shape index (κ3) is 4.59. The Hall–Kier alpha value is -1.84. The summed E-state index contributed by atoms with van der Waals surface area (Å²) in [7, 11) is 0. The van der Waals surface area contributed by atoms with Gasteiger partial charge in [-0.3, -0.25) is 4.90 Å². The van der Waals surface area contributed by atoms with Crippen LogP contribution in [0.15, 0.2) is 54.6 Å². The first-order valence-corrected chi connectivity index (χ1v) is 8.93. The van der Waals surface area contributed by atoms with Gasteiger partial charge in [0.15, 0.2) is 0 Å². The second kappa shape index (κ2) is 8.32. The van der Waals surface area contributed by atoms with Gasteiger partial charge in [-0.15, -0.1) is 0 Å². The Bertz CT molecular complexity index is 611. The van der Waals surface area contributed by atoms with E-state index >= 15 is 0 Å². The normalized spacial score (nSPS) is 19.8. The molecule has 3 heteroatoms. The van der Waals surface area contributed by atoms with Crippen LogP contribution >= 0.6 is 0 Å². The Kier molecular flexibility index (Phi) is 5.89. The van der Waals surface area contributed by atoms with Crippen molar-refractivity contribution in [2.24, 2.45) is 0 Å². The summed E-state index contributed by atoms with van der Waals surface area (Å²) in [5.41, 5.74) is 2.37. The van der Waals surface area contributed by atoms with Crippen LogP contribution in [0.25, 0.3) is 11.1 Å². The predicted octanol–water partition coefficient (Wildman–Crippen LogP) is 3.97. The van der Waals surface area contributed by atoms with Gasteiger partial charge in [0, 0.05) is 12.6 Å². The number of hydrogen-bond donors (Lipinski definition) is 1. The van der Waals surface area contributed by atoms with Crippen molar-refractivity contribution >= 4 is 0 Å². The summed E-state index contributed by atoms with van der Waals surface area (Å²) in [5.74, 6) is 0.806.